The zero-order valence-corrected chi connectivity index (χ0v) is 15.9. The molecule has 0 saturated heterocycles. The molecule has 3 unspecified atom stereocenters. The zero-order chi connectivity index (χ0) is 17.8. The summed E-state index contributed by atoms with van der Waals surface area (Å²) in [6.07, 6.45) is 7.32. The van der Waals surface area contributed by atoms with Gasteiger partial charge in [0.25, 0.3) is 0 Å². The highest BCUT2D eigenvalue weighted by Crippen LogP contribution is 2.51. The molecule has 1 aromatic heterocycles. The Balaban J connectivity index is 1.63. The summed E-state index contributed by atoms with van der Waals surface area (Å²) in [5, 5.41) is 4.85. The number of ketones is 1. The lowest BCUT2D eigenvalue weighted by molar-refractivity contribution is 0.101. The Kier molecular flexibility index (Phi) is 3.57. The van der Waals surface area contributed by atoms with Gasteiger partial charge in [0.1, 0.15) is 5.58 Å². The highest BCUT2D eigenvalue weighted by molar-refractivity contribution is 9.10. The Morgan fingerprint density at radius 2 is 2.08 bits per heavy atom. The van der Waals surface area contributed by atoms with E-state index in [4.69, 9.17) is 4.42 Å². The maximum absolute atomic E-state index is 11.8. The number of anilines is 1. The lowest BCUT2D eigenvalue weighted by Gasteiger charge is -2.38. The molecule has 1 aliphatic carbocycles. The molecule has 0 spiro atoms. The van der Waals surface area contributed by atoms with Crippen LogP contribution in [0.2, 0.25) is 0 Å². The summed E-state index contributed by atoms with van der Waals surface area (Å²) in [6.45, 7) is 1.63. The van der Waals surface area contributed by atoms with E-state index in [1.807, 2.05) is 18.2 Å². The van der Waals surface area contributed by atoms with Crippen molar-refractivity contribution in [3.63, 3.8) is 0 Å². The van der Waals surface area contributed by atoms with Gasteiger partial charge in [-0.25, -0.2) is 0 Å². The third-order valence-electron chi connectivity index (χ3n) is 5.68. The molecule has 0 bridgehead atoms. The number of halogens is 1. The molecule has 0 fully saturated rings. The molecule has 3 nitrogen and oxygen atoms in total. The second kappa shape index (κ2) is 5.85. The number of rotatable bonds is 2. The average molecular weight is 408 g/mol. The molecule has 0 radical (unpaired) electrons. The Labute approximate surface area is 160 Å². The number of furan rings is 1. The Hall–Kier alpha value is -2.33. The first-order valence-electron chi connectivity index (χ1n) is 8.86. The van der Waals surface area contributed by atoms with Crippen molar-refractivity contribution < 1.29 is 9.21 Å². The minimum atomic E-state index is 0.113. The van der Waals surface area contributed by atoms with E-state index in [1.54, 1.807) is 13.2 Å². The third kappa shape index (κ3) is 2.36. The number of carbonyl (C=O) groups is 1. The highest BCUT2D eigenvalue weighted by atomic mass is 79.9. The molecule has 2 heterocycles. The van der Waals surface area contributed by atoms with Crippen LogP contribution in [-0.4, -0.2) is 5.78 Å². The fourth-order valence-electron chi connectivity index (χ4n) is 4.36. The Morgan fingerprint density at radius 3 is 2.92 bits per heavy atom. The summed E-state index contributed by atoms with van der Waals surface area (Å²) >= 11 is 3.74. The van der Waals surface area contributed by atoms with Crippen molar-refractivity contribution in [3.8, 4) is 0 Å². The number of nitrogens with one attached hydrogen (secondary N) is 1. The molecule has 130 valence electrons. The normalized spacial score (nSPS) is 23.5. The van der Waals surface area contributed by atoms with Gasteiger partial charge in [0.05, 0.1) is 12.3 Å². The van der Waals surface area contributed by atoms with Gasteiger partial charge in [-0.2, -0.15) is 0 Å². The molecule has 3 atom stereocenters. The number of carbonyl (C=O) groups excluding carboxylic acids is 1. The van der Waals surface area contributed by atoms with Crippen molar-refractivity contribution in [2.24, 2.45) is 5.92 Å². The number of benzene rings is 2. The van der Waals surface area contributed by atoms with Gasteiger partial charge in [-0.15, -0.1) is 0 Å². The maximum Gasteiger partial charge on any atom is 0.159 e. The van der Waals surface area contributed by atoms with Gasteiger partial charge < -0.3 is 9.73 Å². The van der Waals surface area contributed by atoms with Crippen LogP contribution < -0.4 is 5.32 Å². The Morgan fingerprint density at radius 1 is 1.19 bits per heavy atom. The van der Waals surface area contributed by atoms with E-state index >= 15 is 0 Å². The first-order valence-corrected chi connectivity index (χ1v) is 9.66. The molecule has 3 aromatic rings. The number of Topliss-reactive ketones (excluding diaryl/α,β-unsaturated/α-hetero) is 1. The molecule has 2 aliphatic rings. The second-order valence-corrected chi connectivity index (χ2v) is 8.02. The van der Waals surface area contributed by atoms with Gasteiger partial charge >= 0.3 is 0 Å². The van der Waals surface area contributed by atoms with Crippen LogP contribution in [0.5, 0.6) is 0 Å². The summed E-state index contributed by atoms with van der Waals surface area (Å²) in [4.78, 5) is 11.8. The molecule has 2 aromatic carbocycles. The van der Waals surface area contributed by atoms with Crippen LogP contribution in [0.3, 0.4) is 0 Å². The van der Waals surface area contributed by atoms with Crippen LogP contribution >= 0.6 is 15.9 Å². The lowest BCUT2D eigenvalue weighted by atomic mass is 9.76. The van der Waals surface area contributed by atoms with E-state index in [-0.39, 0.29) is 11.8 Å². The van der Waals surface area contributed by atoms with Crippen LogP contribution in [0.25, 0.3) is 11.0 Å². The molecular formula is C22H18BrNO2. The monoisotopic (exact) mass is 407 g/mol. The van der Waals surface area contributed by atoms with Gasteiger partial charge in [-0.05, 0) is 66.8 Å². The van der Waals surface area contributed by atoms with Gasteiger partial charge in [0.2, 0.25) is 0 Å². The highest BCUT2D eigenvalue weighted by Gasteiger charge is 2.38. The minimum absolute atomic E-state index is 0.113. The van der Waals surface area contributed by atoms with E-state index in [0.717, 1.165) is 33.1 Å². The number of hydrogen-bond acceptors (Lipinski definition) is 3. The van der Waals surface area contributed by atoms with Crippen molar-refractivity contribution in [2.45, 2.75) is 25.3 Å². The quantitative estimate of drug-likeness (QED) is 0.404. The fraction of sp³-hybridized carbons (Fsp3) is 0.227. The van der Waals surface area contributed by atoms with Crippen molar-refractivity contribution in [3.05, 3.63) is 76.0 Å². The van der Waals surface area contributed by atoms with Gasteiger partial charge in [0, 0.05) is 27.0 Å². The molecule has 1 aliphatic heterocycles. The zero-order valence-electron chi connectivity index (χ0n) is 14.3. The van der Waals surface area contributed by atoms with E-state index in [0.29, 0.717) is 11.8 Å². The van der Waals surface area contributed by atoms with Crippen molar-refractivity contribution >= 4 is 38.4 Å². The SMILES string of the molecule is CC(=O)c1ccc2c(c1)C1C=CCC1C(c1cc3ccoc3cc1Br)N2. The van der Waals surface area contributed by atoms with Gasteiger partial charge in [-0.3, -0.25) is 4.79 Å². The summed E-state index contributed by atoms with van der Waals surface area (Å²) in [5.41, 5.74) is 5.27. The van der Waals surface area contributed by atoms with Gasteiger partial charge in [0.15, 0.2) is 5.78 Å². The topological polar surface area (TPSA) is 42.2 Å². The molecular weight excluding hydrogens is 390 g/mol. The predicted molar refractivity (Wildman–Crippen MR) is 107 cm³/mol. The van der Waals surface area contributed by atoms with Crippen LogP contribution in [-0.2, 0) is 0 Å². The van der Waals surface area contributed by atoms with Crippen LogP contribution in [0.15, 0.2) is 63.7 Å². The molecule has 0 amide bonds. The first kappa shape index (κ1) is 15.9. The first-order chi connectivity index (χ1) is 12.6. The minimum Gasteiger partial charge on any atom is -0.464 e. The summed E-state index contributed by atoms with van der Waals surface area (Å²) < 4.78 is 6.59. The summed E-state index contributed by atoms with van der Waals surface area (Å²) in [6, 6.07) is 12.5. The van der Waals surface area contributed by atoms with E-state index in [2.05, 4.69) is 51.6 Å². The van der Waals surface area contributed by atoms with E-state index in [9.17, 15) is 4.79 Å². The molecule has 4 heteroatoms. The summed E-state index contributed by atoms with van der Waals surface area (Å²) in [5.74, 6) is 0.884. The predicted octanol–water partition coefficient (Wildman–Crippen LogP) is 6.22. The second-order valence-electron chi connectivity index (χ2n) is 7.17. The fourth-order valence-corrected chi connectivity index (χ4v) is 4.93. The van der Waals surface area contributed by atoms with Crippen molar-refractivity contribution in [1.29, 1.82) is 0 Å². The standard InChI is InChI=1S/C22H18BrNO2/c1-12(25)13-5-6-20-17(9-13)15-3-2-4-16(15)22(24-20)18-10-14-7-8-26-21(14)11-19(18)23/h2-3,5-11,15-16,22,24H,4H2,1H3. The molecule has 1 N–H and O–H groups in total. The van der Waals surface area contributed by atoms with Crippen molar-refractivity contribution in [1.82, 2.24) is 0 Å². The summed E-state index contributed by atoms with van der Waals surface area (Å²) in [7, 11) is 0. The van der Waals surface area contributed by atoms with Crippen LogP contribution in [0.4, 0.5) is 5.69 Å². The smallest absolute Gasteiger partial charge is 0.159 e. The molecule has 5 rings (SSSR count). The largest absolute Gasteiger partial charge is 0.464 e. The van der Waals surface area contributed by atoms with E-state index < -0.39 is 0 Å². The van der Waals surface area contributed by atoms with Crippen molar-refractivity contribution in [2.75, 3.05) is 5.32 Å². The third-order valence-corrected chi connectivity index (χ3v) is 6.36. The van der Waals surface area contributed by atoms with Gasteiger partial charge in [-0.1, -0.05) is 28.1 Å². The number of fused-ring (bicyclic) bond motifs is 4. The lowest BCUT2D eigenvalue weighted by Crippen LogP contribution is -2.29. The number of hydrogen-bond donors (Lipinski definition) is 1. The average Bonchev–Trinajstić information content (AvgIpc) is 3.29. The van der Waals surface area contributed by atoms with E-state index in [1.165, 1.54) is 11.1 Å². The van der Waals surface area contributed by atoms with Crippen LogP contribution in [0, 0.1) is 5.92 Å². The Bertz CT molecular complexity index is 1070. The molecule has 26 heavy (non-hydrogen) atoms. The molecule has 0 saturated carbocycles. The number of allylic oxidation sites excluding steroid dienone is 2. The van der Waals surface area contributed by atoms with Crippen LogP contribution in [0.1, 0.15) is 46.8 Å². The maximum atomic E-state index is 11.8.